The quantitative estimate of drug-likeness (QED) is 0.785. The lowest BCUT2D eigenvalue weighted by atomic mass is 9.43. The number of rotatable bonds is 2. The van der Waals surface area contributed by atoms with E-state index in [0.717, 1.165) is 30.1 Å². The largest absolute Gasteiger partial charge is 0.369 e. The smallest absolute Gasteiger partial charge is 0.223 e. The topological polar surface area (TPSA) is 43.1 Å². The van der Waals surface area contributed by atoms with E-state index in [0.29, 0.717) is 11.3 Å². The average molecular weight is 306 g/mol. The molecule has 0 aromatic carbocycles. The van der Waals surface area contributed by atoms with E-state index in [4.69, 9.17) is 5.73 Å². The SMILES string of the molecule is CC(C)[C@H]1CC[C@@H]2[C@H](CC[C@@H]3[C@]2(C)CCC[C@@]3(C)C(N)=O)C1. The molecule has 0 aliphatic heterocycles. The lowest BCUT2D eigenvalue weighted by molar-refractivity contribution is -0.154. The summed E-state index contributed by atoms with van der Waals surface area (Å²) >= 11 is 0. The van der Waals surface area contributed by atoms with Crippen molar-refractivity contribution in [2.24, 2.45) is 46.2 Å². The van der Waals surface area contributed by atoms with Gasteiger partial charge in [0.15, 0.2) is 0 Å². The monoisotopic (exact) mass is 305 g/mol. The van der Waals surface area contributed by atoms with Gasteiger partial charge in [0.25, 0.3) is 0 Å². The zero-order valence-corrected chi connectivity index (χ0v) is 15.0. The lowest BCUT2D eigenvalue weighted by Crippen LogP contribution is -2.57. The van der Waals surface area contributed by atoms with Gasteiger partial charge in [-0.2, -0.15) is 0 Å². The molecule has 0 aromatic rings. The second kappa shape index (κ2) is 5.53. The van der Waals surface area contributed by atoms with E-state index in [9.17, 15) is 4.79 Å². The zero-order chi connectivity index (χ0) is 16.1. The molecule has 0 bridgehead atoms. The van der Waals surface area contributed by atoms with Crippen molar-refractivity contribution in [3.63, 3.8) is 0 Å². The maximum Gasteiger partial charge on any atom is 0.223 e. The average Bonchev–Trinajstić information content (AvgIpc) is 2.46. The van der Waals surface area contributed by atoms with Gasteiger partial charge >= 0.3 is 0 Å². The van der Waals surface area contributed by atoms with Crippen LogP contribution in [0.4, 0.5) is 0 Å². The van der Waals surface area contributed by atoms with Crippen molar-refractivity contribution in [2.75, 3.05) is 0 Å². The van der Waals surface area contributed by atoms with Gasteiger partial charge in [-0.3, -0.25) is 4.79 Å². The molecule has 0 spiro atoms. The normalized spacial score (nSPS) is 48.6. The van der Waals surface area contributed by atoms with Crippen LogP contribution in [0, 0.1) is 40.4 Å². The summed E-state index contributed by atoms with van der Waals surface area (Å²) < 4.78 is 0. The van der Waals surface area contributed by atoms with Crippen LogP contribution < -0.4 is 5.73 Å². The summed E-state index contributed by atoms with van der Waals surface area (Å²) in [6, 6.07) is 0. The fourth-order valence-electron chi connectivity index (χ4n) is 6.77. The van der Waals surface area contributed by atoms with Gasteiger partial charge < -0.3 is 5.73 Å². The summed E-state index contributed by atoms with van der Waals surface area (Å²) in [6.07, 6.45) is 10.3. The summed E-state index contributed by atoms with van der Waals surface area (Å²) in [6.45, 7) is 9.45. The first-order chi connectivity index (χ1) is 10.3. The minimum atomic E-state index is -0.257. The van der Waals surface area contributed by atoms with Crippen LogP contribution in [-0.4, -0.2) is 5.91 Å². The Kier molecular flexibility index (Phi) is 4.10. The van der Waals surface area contributed by atoms with Crippen LogP contribution in [-0.2, 0) is 4.79 Å². The van der Waals surface area contributed by atoms with Crippen LogP contribution in [0.3, 0.4) is 0 Å². The second-order valence-electron chi connectivity index (χ2n) is 9.45. The summed E-state index contributed by atoms with van der Waals surface area (Å²) in [5, 5.41) is 0. The predicted molar refractivity (Wildman–Crippen MR) is 91.1 cm³/mol. The molecule has 126 valence electrons. The van der Waals surface area contributed by atoms with Crippen LogP contribution >= 0.6 is 0 Å². The van der Waals surface area contributed by atoms with Gasteiger partial charge in [0.05, 0.1) is 0 Å². The minimum absolute atomic E-state index is 0.0438. The van der Waals surface area contributed by atoms with Crippen molar-refractivity contribution in [3.8, 4) is 0 Å². The summed E-state index contributed by atoms with van der Waals surface area (Å²) in [7, 11) is 0. The van der Waals surface area contributed by atoms with Crippen LogP contribution in [0.2, 0.25) is 0 Å². The molecule has 2 heteroatoms. The molecule has 0 radical (unpaired) electrons. The molecule has 3 aliphatic carbocycles. The molecule has 0 saturated heterocycles. The van der Waals surface area contributed by atoms with Gasteiger partial charge in [-0.05, 0) is 80.0 Å². The molecule has 3 rings (SSSR count). The molecule has 0 heterocycles. The zero-order valence-electron chi connectivity index (χ0n) is 15.0. The minimum Gasteiger partial charge on any atom is -0.369 e. The molecule has 1 amide bonds. The van der Waals surface area contributed by atoms with Crippen LogP contribution in [0.25, 0.3) is 0 Å². The molecule has 3 aliphatic rings. The Balaban J connectivity index is 1.86. The second-order valence-corrected chi connectivity index (χ2v) is 9.45. The Morgan fingerprint density at radius 3 is 2.45 bits per heavy atom. The Labute approximate surface area is 136 Å². The Bertz CT molecular complexity index is 445. The van der Waals surface area contributed by atoms with Crippen molar-refractivity contribution in [2.45, 2.75) is 79.1 Å². The van der Waals surface area contributed by atoms with Gasteiger partial charge in [-0.25, -0.2) is 0 Å². The highest BCUT2D eigenvalue weighted by Crippen LogP contribution is 2.64. The van der Waals surface area contributed by atoms with E-state index in [1.165, 1.54) is 44.9 Å². The molecule has 3 fully saturated rings. The van der Waals surface area contributed by atoms with Gasteiger partial charge in [0, 0.05) is 5.41 Å². The molecule has 3 saturated carbocycles. The maximum absolute atomic E-state index is 12.2. The Hall–Kier alpha value is -0.530. The number of primary amides is 1. The first-order valence-electron chi connectivity index (χ1n) is 9.59. The molecule has 2 nitrogen and oxygen atoms in total. The Morgan fingerprint density at radius 1 is 1.09 bits per heavy atom. The molecule has 6 atom stereocenters. The number of hydrogen-bond acceptors (Lipinski definition) is 1. The van der Waals surface area contributed by atoms with Crippen molar-refractivity contribution < 1.29 is 4.79 Å². The molecular weight excluding hydrogens is 270 g/mol. The summed E-state index contributed by atoms with van der Waals surface area (Å²) in [4.78, 5) is 12.2. The van der Waals surface area contributed by atoms with Gasteiger partial charge in [-0.1, -0.05) is 34.1 Å². The Morgan fingerprint density at radius 2 is 1.82 bits per heavy atom. The molecule has 2 N–H and O–H groups in total. The third-order valence-electron chi connectivity index (χ3n) is 8.18. The fraction of sp³-hybridized carbons (Fsp3) is 0.950. The number of carbonyl (C=O) groups excluding carboxylic acids is 1. The lowest BCUT2D eigenvalue weighted by Gasteiger charge is -2.61. The molecule has 0 aromatic heterocycles. The maximum atomic E-state index is 12.2. The number of hydrogen-bond donors (Lipinski definition) is 1. The standard InChI is InChI=1S/C20H35NO/c1-13(2)14-6-8-16-15(12-14)7-9-17-19(16,3)10-5-11-20(17,4)18(21)22/h13-17H,5-12H2,1-4H3,(H2,21,22)/t14-,15+,16+,17+,19+,20+/m0/s1. The summed E-state index contributed by atoms with van der Waals surface area (Å²) in [5.41, 5.74) is 5.96. The predicted octanol–water partition coefficient (Wildman–Crippen LogP) is 4.77. The van der Waals surface area contributed by atoms with Crippen LogP contribution in [0.1, 0.15) is 79.1 Å². The molecule has 22 heavy (non-hydrogen) atoms. The van der Waals surface area contributed by atoms with Crippen LogP contribution in [0.15, 0.2) is 0 Å². The third-order valence-corrected chi connectivity index (χ3v) is 8.18. The van der Waals surface area contributed by atoms with Crippen molar-refractivity contribution in [1.82, 2.24) is 0 Å². The van der Waals surface area contributed by atoms with Crippen molar-refractivity contribution >= 4 is 5.91 Å². The highest BCUT2D eigenvalue weighted by atomic mass is 16.1. The van der Waals surface area contributed by atoms with E-state index in [2.05, 4.69) is 27.7 Å². The molecular formula is C20H35NO. The van der Waals surface area contributed by atoms with Gasteiger partial charge in [0.1, 0.15) is 0 Å². The third kappa shape index (κ3) is 2.32. The number of nitrogens with two attached hydrogens (primary N) is 1. The van der Waals surface area contributed by atoms with E-state index in [-0.39, 0.29) is 11.3 Å². The van der Waals surface area contributed by atoms with Gasteiger partial charge in [0.2, 0.25) is 5.91 Å². The first kappa shape index (κ1) is 16.3. The highest BCUT2D eigenvalue weighted by Gasteiger charge is 2.58. The summed E-state index contributed by atoms with van der Waals surface area (Å²) in [5.74, 6) is 3.96. The van der Waals surface area contributed by atoms with E-state index < -0.39 is 0 Å². The van der Waals surface area contributed by atoms with Gasteiger partial charge in [-0.15, -0.1) is 0 Å². The first-order valence-corrected chi connectivity index (χ1v) is 9.59. The number of fused-ring (bicyclic) bond motifs is 3. The fourth-order valence-corrected chi connectivity index (χ4v) is 6.77. The number of carbonyl (C=O) groups is 1. The van der Waals surface area contributed by atoms with E-state index >= 15 is 0 Å². The number of amides is 1. The van der Waals surface area contributed by atoms with Crippen molar-refractivity contribution in [1.29, 1.82) is 0 Å². The van der Waals surface area contributed by atoms with Crippen molar-refractivity contribution in [3.05, 3.63) is 0 Å². The molecule has 0 unspecified atom stereocenters. The van der Waals surface area contributed by atoms with E-state index in [1.807, 2.05) is 0 Å². The highest BCUT2D eigenvalue weighted by molar-refractivity contribution is 5.81. The van der Waals surface area contributed by atoms with Crippen LogP contribution in [0.5, 0.6) is 0 Å². The van der Waals surface area contributed by atoms with E-state index in [1.54, 1.807) is 0 Å².